The molecule has 0 nitrogen and oxygen atoms in total. The summed E-state index contributed by atoms with van der Waals surface area (Å²) in [5, 5.41) is 5.07. The molecular formula is C32H21Br. The zero-order chi connectivity index (χ0) is 22.2. The maximum Gasteiger partial charge on any atom is 0.0181 e. The summed E-state index contributed by atoms with van der Waals surface area (Å²) in [6.45, 7) is 0. The Morgan fingerprint density at radius 2 is 0.848 bits per heavy atom. The molecule has 0 radical (unpaired) electrons. The van der Waals surface area contributed by atoms with Crippen LogP contribution in [0.1, 0.15) is 0 Å². The standard InChI is InChI=1S/C32H21Br/c33-26-18-19-29-30(21-26)31(23-12-5-2-6-13-23)27-16-7-8-17-28(27)32(29)25-15-9-14-24(20-25)22-10-3-1-4-11-22/h1-21H. The number of halogens is 1. The van der Waals surface area contributed by atoms with E-state index in [4.69, 9.17) is 0 Å². The molecule has 1 heteroatoms. The number of rotatable bonds is 3. The lowest BCUT2D eigenvalue weighted by Crippen LogP contribution is -1.91. The second kappa shape index (κ2) is 8.35. The van der Waals surface area contributed by atoms with Crippen molar-refractivity contribution in [3.8, 4) is 33.4 Å². The van der Waals surface area contributed by atoms with Gasteiger partial charge >= 0.3 is 0 Å². The van der Waals surface area contributed by atoms with Crippen LogP contribution in [-0.2, 0) is 0 Å². The van der Waals surface area contributed by atoms with Gasteiger partial charge in [0.2, 0.25) is 0 Å². The summed E-state index contributed by atoms with van der Waals surface area (Å²) in [4.78, 5) is 0. The quantitative estimate of drug-likeness (QED) is 0.219. The van der Waals surface area contributed by atoms with Gasteiger partial charge in [-0.05, 0) is 73.1 Å². The van der Waals surface area contributed by atoms with E-state index in [1.165, 1.54) is 54.9 Å². The van der Waals surface area contributed by atoms with Crippen molar-refractivity contribution in [2.45, 2.75) is 0 Å². The van der Waals surface area contributed by atoms with E-state index in [0.29, 0.717) is 0 Å². The molecule has 0 bridgehead atoms. The molecule has 0 aromatic heterocycles. The van der Waals surface area contributed by atoms with Gasteiger partial charge in [-0.15, -0.1) is 0 Å². The molecule has 6 aromatic rings. The molecule has 0 aliphatic carbocycles. The van der Waals surface area contributed by atoms with E-state index in [0.717, 1.165) is 4.47 Å². The summed E-state index contributed by atoms with van der Waals surface area (Å²) in [6, 6.07) is 45.7. The maximum absolute atomic E-state index is 3.73. The third-order valence-corrected chi connectivity index (χ3v) is 6.80. The van der Waals surface area contributed by atoms with E-state index >= 15 is 0 Å². The first-order valence-corrected chi connectivity index (χ1v) is 11.9. The normalized spacial score (nSPS) is 11.2. The van der Waals surface area contributed by atoms with Gasteiger partial charge in [0.25, 0.3) is 0 Å². The average Bonchev–Trinajstić information content (AvgIpc) is 2.88. The van der Waals surface area contributed by atoms with Crippen LogP contribution in [0.25, 0.3) is 54.9 Å². The van der Waals surface area contributed by atoms with Gasteiger partial charge < -0.3 is 0 Å². The van der Waals surface area contributed by atoms with E-state index < -0.39 is 0 Å². The van der Waals surface area contributed by atoms with Gasteiger partial charge in [0.1, 0.15) is 0 Å². The minimum absolute atomic E-state index is 1.09. The van der Waals surface area contributed by atoms with Crippen molar-refractivity contribution in [2.75, 3.05) is 0 Å². The van der Waals surface area contributed by atoms with Gasteiger partial charge in [0.05, 0.1) is 0 Å². The Balaban J connectivity index is 1.73. The summed E-state index contributed by atoms with van der Waals surface area (Å²) < 4.78 is 1.09. The van der Waals surface area contributed by atoms with Crippen LogP contribution in [0.2, 0.25) is 0 Å². The number of hydrogen-bond donors (Lipinski definition) is 0. The van der Waals surface area contributed by atoms with E-state index in [9.17, 15) is 0 Å². The fraction of sp³-hybridized carbons (Fsp3) is 0. The Labute approximate surface area is 202 Å². The van der Waals surface area contributed by atoms with Crippen LogP contribution in [0.3, 0.4) is 0 Å². The molecular weight excluding hydrogens is 464 g/mol. The summed E-state index contributed by atoms with van der Waals surface area (Å²) in [7, 11) is 0. The molecule has 0 aliphatic heterocycles. The lowest BCUT2D eigenvalue weighted by molar-refractivity contribution is 1.61. The highest BCUT2D eigenvalue weighted by molar-refractivity contribution is 9.10. The first kappa shape index (κ1) is 20.0. The molecule has 0 aliphatic rings. The van der Waals surface area contributed by atoms with Crippen molar-refractivity contribution < 1.29 is 0 Å². The monoisotopic (exact) mass is 484 g/mol. The Morgan fingerprint density at radius 3 is 1.55 bits per heavy atom. The van der Waals surface area contributed by atoms with Crippen LogP contribution < -0.4 is 0 Å². The lowest BCUT2D eigenvalue weighted by Gasteiger charge is -2.18. The smallest absolute Gasteiger partial charge is 0.0181 e. The van der Waals surface area contributed by atoms with Crippen LogP contribution >= 0.6 is 15.9 Å². The second-order valence-corrected chi connectivity index (χ2v) is 9.21. The fourth-order valence-electron chi connectivity index (χ4n) is 4.86. The molecule has 0 amide bonds. The molecule has 0 N–H and O–H groups in total. The van der Waals surface area contributed by atoms with Gasteiger partial charge in [0, 0.05) is 4.47 Å². The predicted octanol–water partition coefficient (Wildman–Crippen LogP) is 9.76. The van der Waals surface area contributed by atoms with Gasteiger partial charge in [-0.2, -0.15) is 0 Å². The third kappa shape index (κ3) is 3.55. The second-order valence-electron chi connectivity index (χ2n) is 8.30. The van der Waals surface area contributed by atoms with Crippen LogP contribution in [-0.4, -0.2) is 0 Å². The van der Waals surface area contributed by atoms with E-state index in [2.05, 4.69) is 143 Å². The van der Waals surface area contributed by atoms with Crippen LogP contribution in [0.4, 0.5) is 0 Å². The molecule has 33 heavy (non-hydrogen) atoms. The SMILES string of the molecule is Brc1ccc2c(-c3cccc(-c4ccccc4)c3)c3ccccc3c(-c3ccccc3)c2c1. The van der Waals surface area contributed by atoms with Crippen molar-refractivity contribution >= 4 is 37.5 Å². The highest BCUT2D eigenvalue weighted by atomic mass is 79.9. The van der Waals surface area contributed by atoms with E-state index in [1.54, 1.807) is 0 Å². The highest BCUT2D eigenvalue weighted by Crippen LogP contribution is 2.44. The van der Waals surface area contributed by atoms with Crippen molar-refractivity contribution in [2.24, 2.45) is 0 Å². The lowest BCUT2D eigenvalue weighted by atomic mass is 9.85. The van der Waals surface area contributed by atoms with E-state index in [-0.39, 0.29) is 0 Å². The maximum atomic E-state index is 3.73. The van der Waals surface area contributed by atoms with Crippen LogP contribution in [0, 0.1) is 0 Å². The molecule has 0 saturated heterocycles. The van der Waals surface area contributed by atoms with Crippen molar-refractivity contribution in [3.05, 3.63) is 132 Å². The highest BCUT2D eigenvalue weighted by Gasteiger charge is 2.17. The van der Waals surface area contributed by atoms with Crippen LogP contribution in [0.15, 0.2) is 132 Å². The Morgan fingerprint density at radius 1 is 0.333 bits per heavy atom. The molecule has 6 rings (SSSR count). The molecule has 156 valence electrons. The summed E-state index contributed by atoms with van der Waals surface area (Å²) in [5.74, 6) is 0. The zero-order valence-electron chi connectivity index (χ0n) is 18.0. The minimum atomic E-state index is 1.09. The minimum Gasteiger partial charge on any atom is -0.0622 e. The summed E-state index contributed by atoms with van der Waals surface area (Å²) in [6.07, 6.45) is 0. The number of fused-ring (bicyclic) bond motifs is 2. The first-order chi connectivity index (χ1) is 16.3. The van der Waals surface area contributed by atoms with E-state index in [1.807, 2.05) is 0 Å². The van der Waals surface area contributed by atoms with Crippen molar-refractivity contribution in [3.63, 3.8) is 0 Å². The molecule has 0 saturated carbocycles. The topological polar surface area (TPSA) is 0 Å². The molecule has 0 unspecified atom stereocenters. The zero-order valence-corrected chi connectivity index (χ0v) is 19.6. The Bertz CT molecular complexity index is 1600. The molecule has 0 spiro atoms. The van der Waals surface area contributed by atoms with Gasteiger partial charge in [-0.3, -0.25) is 0 Å². The van der Waals surface area contributed by atoms with Gasteiger partial charge in [-0.25, -0.2) is 0 Å². The van der Waals surface area contributed by atoms with Gasteiger partial charge in [-0.1, -0.05) is 125 Å². The average molecular weight is 485 g/mol. The number of hydrogen-bond acceptors (Lipinski definition) is 0. The largest absolute Gasteiger partial charge is 0.0622 e. The first-order valence-electron chi connectivity index (χ1n) is 11.1. The number of benzene rings is 6. The predicted molar refractivity (Wildman–Crippen MR) is 145 cm³/mol. The molecule has 0 atom stereocenters. The fourth-order valence-corrected chi connectivity index (χ4v) is 5.22. The molecule has 0 heterocycles. The molecule has 0 fully saturated rings. The molecule has 6 aromatic carbocycles. The van der Waals surface area contributed by atoms with Crippen LogP contribution in [0.5, 0.6) is 0 Å². The van der Waals surface area contributed by atoms with Crippen molar-refractivity contribution in [1.82, 2.24) is 0 Å². The summed E-state index contributed by atoms with van der Waals surface area (Å²) >= 11 is 3.73. The summed E-state index contributed by atoms with van der Waals surface area (Å²) in [5.41, 5.74) is 7.50. The third-order valence-electron chi connectivity index (χ3n) is 6.31. The van der Waals surface area contributed by atoms with Gasteiger partial charge in [0.15, 0.2) is 0 Å². The Kier molecular flexibility index (Phi) is 5.05. The van der Waals surface area contributed by atoms with Crippen molar-refractivity contribution in [1.29, 1.82) is 0 Å². The Hall–Kier alpha value is -3.68.